The van der Waals surface area contributed by atoms with Crippen molar-refractivity contribution in [2.45, 2.75) is 37.5 Å². The molecule has 0 aliphatic heterocycles. The summed E-state index contributed by atoms with van der Waals surface area (Å²) in [5.74, 6) is 0.599. The Morgan fingerprint density at radius 2 is 1.78 bits per heavy atom. The van der Waals surface area contributed by atoms with Gasteiger partial charge >= 0.3 is 0 Å². The third kappa shape index (κ3) is 3.59. The highest BCUT2D eigenvalue weighted by atomic mass is 35.5. The fourth-order valence-electron chi connectivity index (χ4n) is 3.06. The van der Waals surface area contributed by atoms with Gasteiger partial charge in [-0.15, -0.1) is 0 Å². The van der Waals surface area contributed by atoms with E-state index in [9.17, 15) is 4.79 Å². The number of carbonyl (C=O) groups excluding carboxylic acids is 1. The second-order valence-corrected chi connectivity index (χ2v) is 6.88. The molecular formula is C20H22ClNO. The van der Waals surface area contributed by atoms with Crippen LogP contribution < -0.4 is 5.32 Å². The van der Waals surface area contributed by atoms with E-state index in [1.807, 2.05) is 30.3 Å². The third-order valence-electron chi connectivity index (χ3n) is 4.81. The molecule has 1 saturated carbocycles. The zero-order chi connectivity index (χ0) is 16.3. The van der Waals surface area contributed by atoms with Gasteiger partial charge in [0, 0.05) is 11.6 Å². The predicted octanol–water partition coefficient (Wildman–Crippen LogP) is 4.68. The van der Waals surface area contributed by atoms with Gasteiger partial charge < -0.3 is 5.32 Å². The largest absolute Gasteiger partial charge is 0.355 e. The lowest BCUT2D eigenvalue weighted by Gasteiger charge is -2.17. The highest BCUT2D eigenvalue weighted by molar-refractivity contribution is 6.30. The molecule has 0 spiro atoms. The van der Waals surface area contributed by atoms with Crippen molar-refractivity contribution in [2.24, 2.45) is 0 Å². The second kappa shape index (κ2) is 6.76. The lowest BCUT2D eigenvalue weighted by atomic mass is 9.94. The molecule has 1 aliphatic carbocycles. The van der Waals surface area contributed by atoms with Gasteiger partial charge in [-0.25, -0.2) is 0 Å². The molecule has 0 radical (unpaired) electrons. The third-order valence-corrected chi connectivity index (χ3v) is 5.06. The summed E-state index contributed by atoms with van der Waals surface area (Å²) in [6.07, 6.45) is 2.80. The molecule has 1 aliphatic rings. The smallest absolute Gasteiger partial charge is 0.230 e. The van der Waals surface area contributed by atoms with Crippen molar-refractivity contribution in [3.8, 4) is 0 Å². The second-order valence-electron chi connectivity index (χ2n) is 6.45. The first kappa shape index (κ1) is 16.1. The van der Waals surface area contributed by atoms with Crippen molar-refractivity contribution in [3.63, 3.8) is 0 Å². The summed E-state index contributed by atoms with van der Waals surface area (Å²) >= 11 is 5.94. The van der Waals surface area contributed by atoms with Crippen LogP contribution in [0.2, 0.25) is 5.02 Å². The molecule has 2 nitrogen and oxygen atoms in total. The molecule has 1 unspecified atom stereocenters. The minimum absolute atomic E-state index is 0.153. The van der Waals surface area contributed by atoms with Crippen LogP contribution in [-0.2, 0) is 10.2 Å². The molecule has 1 atom stereocenters. The lowest BCUT2D eigenvalue weighted by molar-refractivity contribution is -0.123. The van der Waals surface area contributed by atoms with Gasteiger partial charge in [-0.3, -0.25) is 4.79 Å². The number of amides is 1. The number of hydrogen-bond donors (Lipinski definition) is 1. The minimum atomic E-state index is -0.319. The Kier molecular flexibility index (Phi) is 4.72. The van der Waals surface area contributed by atoms with Gasteiger partial charge in [0.15, 0.2) is 0 Å². The van der Waals surface area contributed by atoms with Crippen LogP contribution in [0.1, 0.15) is 43.2 Å². The van der Waals surface area contributed by atoms with Crippen LogP contribution in [0.15, 0.2) is 54.6 Å². The Hall–Kier alpha value is -1.80. The number of hydrogen-bond acceptors (Lipinski definition) is 1. The average molecular weight is 328 g/mol. The van der Waals surface area contributed by atoms with E-state index in [0.29, 0.717) is 17.5 Å². The maximum atomic E-state index is 12.6. The zero-order valence-corrected chi connectivity index (χ0v) is 14.1. The Morgan fingerprint density at radius 3 is 2.39 bits per heavy atom. The van der Waals surface area contributed by atoms with Crippen LogP contribution in [0.25, 0.3) is 0 Å². The Labute approximate surface area is 142 Å². The number of nitrogens with one attached hydrogen (secondary N) is 1. The van der Waals surface area contributed by atoms with Crippen molar-refractivity contribution in [1.82, 2.24) is 5.32 Å². The maximum absolute atomic E-state index is 12.6. The van der Waals surface area contributed by atoms with Gasteiger partial charge in [0.2, 0.25) is 5.91 Å². The first-order chi connectivity index (χ1) is 11.1. The summed E-state index contributed by atoms with van der Waals surface area (Å²) in [6.45, 7) is 2.91. The Balaban J connectivity index is 1.54. The van der Waals surface area contributed by atoms with Crippen molar-refractivity contribution >= 4 is 17.5 Å². The molecule has 0 aromatic heterocycles. The van der Waals surface area contributed by atoms with E-state index in [4.69, 9.17) is 11.6 Å². The van der Waals surface area contributed by atoms with E-state index in [1.165, 1.54) is 5.56 Å². The standard InChI is InChI=1S/C20H22ClNO/c1-15(16-5-3-2-4-6-16)11-14-22-19(23)20(12-13-20)17-7-9-18(21)10-8-17/h2-10,15H,11-14H2,1H3,(H,22,23). The van der Waals surface area contributed by atoms with E-state index in [1.54, 1.807) is 0 Å². The van der Waals surface area contributed by atoms with Crippen LogP contribution in [0.4, 0.5) is 0 Å². The first-order valence-corrected chi connectivity index (χ1v) is 8.59. The summed E-state index contributed by atoms with van der Waals surface area (Å²) < 4.78 is 0. The highest BCUT2D eigenvalue weighted by Crippen LogP contribution is 2.48. The molecule has 23 heavy (non-hydrogen) atoms. The molecule has 1 fully saturated rings. The SMILES string of the molecule is CC(CCNC(=O)C1(c2ccc(Cl)cc2)CC1)c1ccccc1. The monoisotopic (exact) mass is 327 g/mol. The molecule has 0 saturated heterocycles. The van der Waals surface area contributed by atoms with Crippen molar-refractivity contribution in [2.75, 3.05) is 6.54 Å². The van der Waals surface area contributed by atoms with Crippen LogP contribution in [0.3, 0.4) is 0 Å². The molecule has 1 amide bonds. The van der Waals surface area contributed by atoms with Gasteiger partial charge in [0.1, 0.15) is 0 Å². The predicted molar refractivity (Wildman–Crippen MR) is 94.8 cm³/mol. The van der Waals surface area contributed by atoms with E-state index in [-0.39, 0.29) is 11.3 Å². The van der Waals surface area contributed by atoms with E-state index in [0.717, 1.165) is 24.8 Å². The van der Waals surface area contributed by atoms with E-state index in [2.05, 4.69) is 36.5 Å². The van der Waals surface area contributed by atoms with Crippen LogP contribution >= 0.6 is 11.6 Å². The summed E-state index contributed by atoms with van der Waals surface area (Å²) in [4.78, 5) is 12.6. The van der Waals surface area contributed by atoms with E-state index < -0.39 is 0 Å². The highest BCUT2D eigenvalue weighted by Gasteiger charge is 2.50. The fraction of sp³-hybridized carbons (Fsp3) is 0.350. The van der Waals surface area contributed by atoms with Crippen molar-refractivity contribution < 1.29 is 4.79 Å². The minimum Gasteiger partial charge on any atom is -0.355 e. The number of benzene rings is 2. The molecule has 0 heterocycles. The summed E-state index contributed by atoms with van der Waals surface area (Å²) in [7, 11) is 0. The van der Waals surface area contributed by atoms with Gasteiger partial charge in [0.05, 0.1) is 5.41 Å². The van der Waals surface area contributed by atoms with Gasteiger partial charge in [-0.05, 0) is 48.4 Å². The summed E-state index contributed by atoms with van der Waals surface area (Å²) in [6, 6.07) is 18.1. The van der Waals surface area contributed by atoms with Crippen LogP contribution in [0, 0.1) is 0 Å². The number of rotatable bonds is 6. The molecule has 120 valence electrons. The lowest BCUT2D eigenvalue weighted by Crippen LogP contribution is -2.35. The van der Waals surface area contributed by atoms with Crippen molar-refractivity contribution in [3.05, 3.63) is 70.7 Å². The molecule has 2 aromatic rings. The number of halogens is 1. The molecular weight excluding hydrogens is 306 g/mol. The van der Waals surface area contributed by atoms with Gasteiger partial charge in [-0.1, -0.05) is 61.0 Å². The zero-order valence-electron chi connectivity index (χ0n) is 13.4. The first-order valence-electron chi connectivity index (χ1n) is 8.21. The molecule has 2 aromatic carbocycles. The summed E-state index contributed by atoms with van der Waals surface area (Å²) in [5, 5.41) is 3.84. The maximum Gasteiger partial charge on any atom is 0.230 e. The van der Waals surface area contributed by atoms with Gasteiger partial charge in [0.25, 0.3) is 0 Å². The Morgan fingerprint density at radius 1 is 1.13 bits per heavy atom. The normalized spacial score (nSPS) is 16.6. The van der Waals surface area contributed by atoms with Crippen LogP contribution in [-0.4, -0.2) is 12.5 Å². The molecule has 1 N–H and O–H groups in total. The molecule has 3 rings (SSSR count). The fourth-order valence-corrected chi connectivity index (χ4v) is 3.19. The van der Waals surface area contributed by atoms with Gasteiger partial charge in [-0.2, -0.15) is 0 Å². The summed E-state index contributed by atoms with van der Waals surface area (Å²) in [5.41, 5.74) is 2.08. The molecule has 0 bridgehead atoms. The molecule has 3 heteroatoms. The topological polar surface area (TPSA) is 29.1 Å². The van der Waals surface area contributed by atoms with Crippen LogP contribution in [0.5, 0.6) is 0 Å². The average Bonchev–Trinajstić information content (AvgIpc) is 3.38. The van der Waals surface area contributed by atoms with E-state index >= 15 is 0 Å². The Bertz CT molecular complexity index is 662. The van der Waals surface area contributed by atoms with Crippen molar-refractivity contribution in [1.29, 1.82) is 0 Å². The number of carbonyl (C=O) groups is 1. The quantitative estimate of drug-likeness (QED) is 0.820.